The van der Waals surface area contributed by atoms with Gasteiger partial charge in [-0.15, -0.1) is 0 Å². The molecule has 1 fully saturated rings. The molecule has 1 aromatic carbocycles. The van der Waals surface area contributed by atoms with E-state index in [1.54, 1.807) is 12.1 Å². The lowest BCUT2D eigenvalue weighted by Crippen LogP contribution is -2.09. The number of benzene rings is 1. The van der Waals surface area contributed by atoms with E-state index >= 15 is 0 Å². The normalized spacial score (nSPS) is 14.1. The van der Waals surface area contributed by atoms with Gasteiger partial charge in [0, 0.05) is 18.7 Å². The molecule has 1 aromatic heterocycles. The third kappa shape index (κ3) is 3.44. The third-order valence-electron chi connectivity index (χ3n) is 3.25. The zero-order chi connectivity index (χ0) is 13.8. The van der Waals surface area contributed by atoms with Crippen molar-refractivity contribution in [2.75, 3.05) is 17.2 Å². The Hall–Kier alpha value is -2.17. The van der Waals surface area contributed by atoms with Crippen molar-refractivity contribution in [2.24, 2.45) is 0 Å². The molecule has 0 radical (unpaired) electrons. The average molecular weight is 272 g/mol. The highest BCUT2D eigenvalue weighted by atomic mass is 19.1. The van der Waals surface area contributed by atoms with Crippen LogP contribution in [0.15, 0.2) is 36.7 Å². The predicted octanol–water partition coefficient (Wildman–Crippen LogP) is 2.84. The maximum atomic E-state index is 13.5. The van der Waals surface area contributed by atoms with Gasteiger partial charge in [0.15, 0.2) is 0 Å². The molecule has 1 aliphatic carbocycles. The smallest absolute Gasteiger partial charge is 0.131 e. The minimum atomic E-state index is -0.159. The summed E-state index contributed by atoms with van der Waals surface area (Å²) in [6.45, 7) is 0.640. The Morgan fingerprint density at radius 1 is 1.15 bits per heavy atom. The Morgan fingerprint density at radius 2 is 1.95 bits per heavy atom. The van der Waals surface area contributed by atoms with Gasteiger partial charge in [-0.1, -0.05) is 18.2 Å². The van der Waals surface area contributed by atoms with E-state index in [2.05, 4.69) is 20.6 Å². The zero-order valence-electron chi connectivity index (χ0n) is 11.1. The summed E-state index contributed by atoms with van der Waals surface area (Å²) < 4.78 is 13.5. The number of anilines is 2. The molecule has 4 nitrogen and oxygen atoms in total. The molecular formula is C15H17FN4. The number of rotatable bonds is 6. The van der Waals surface area contributed by atoms with Gasteiger partial charge in [0.1, 0.15) is 23.8 Å². The van der Waals surface area contributed by atoms with Gasteiger partial charge in [-0.25, -0.2) is 14.4 Å². The van der Waals surface area contributed by atoms with Crippen LogP contribution < -0.4 is 10.6 Å². The highest BCUT2D eigenvalue weighted by Crippen LogP contribution is 2.24. The molecule has 1 saturated carbocycles. The van der Waals surface area contributed by atoms with E-state index in [1.807, 2.05) is 12.1 Å². The number of hydrogen-bond acceptors (Lipinski definition) is 4. The molecule has 1 heterocycles. The summed E-state index contributed by atoms with van der Waals surface area (Å²) in [4.78, 5) is 8.34. The van der Waals surface area contributed by atoms with Gasteiger partial charge in [0.2, 0.25) is 0 Å². The minimum absolute atomic E-state index is 0.159. The molecule has 0 spiro atoms. The van der Waals surface area contributed by atoms with Gasteiger partial charge in [0.05, 0.1) is 0 Å². The van der Waals surface area contributed by atoms with Gasteiger partial charge < -0.3 is 10.6 Å². The van der Waals surface area contributed by atoms with Crippen LogP contribution in [0.3, 0.4) is 0 Å². The Morgan fingerprint density at radius 3 is 2.75 bits per heavy atom. The van der Waals surface area contributed by atoms with E-state index in [9.17, 15) is 4.39 Å². The highest BCUT2D eigenvalue weighted by Gasteiger charge is 2.21. The van der Waals surface area contributed by atoms with Crippen molar-refractivity contribution < 1.29 is 4.39 Å². The second-order valence-corrected chi connectivity index (χ2v) is 4.98. The van der Waals surface area contributed by atoms with Crippen LogP contribution >= 0.6 is 0 Å². The van der Waals surface area contributed by atoms with Crippen molar-refractivity contribution in [3.63, 3.8) is 0 Å². The molecule has 0 bridgehead atoms. The third-order valence-corrected chi connectivity index (χ3v) is 3.25. The van der Waals surface area contributed by atoms with Crippen molar-refractivity contribution in [3.05, 3.63) is 48.0 Å². The van der Waals surface area contributed by atoms with Crippen LogP contribution in [0.2, 0.25) is 0 Å². The van der Waals surface area contributed by atoms with Crippen LogP contribution in [-0.2, 0) is 6.42 Å². The van der Waals surface area contributed by atoms with Crippen LogP contribution in [-0.4, -0.2) is 22.6 Å². The fourth-order valence-corrected chi connectivity index (χ4v) is 2.00. The maximum Gasteiger partial charge on any atom is 0.131 e. The standard InChI is InChI=1S/C15H17FN4/c16-13-4-2-1-3-11(13)7-8-17-14-9-15(19-10-18-14)20-12-5-6-12/h1-4,9-10,12H,5-8H2,(H2,17,18,19,20). The largest absolute Gasteiger partial charge is 0.370 e. The summed E-state index contributed by atoms with van der Waals surface area (Å²) in [6.07, 6.45) is 4.58. The molecule has 0 amide bonds. The van der Waals surface area contributed by atoms with Gasteiger partial charge in [-0.2, -0.15) is 0 Å². The summed E-state index contributed by atoms with van der Waals surface area (Å²) in [5.41, 5.74) is 0.713. The van der Waals surface area contributed by atoms with Crippen LogP contribution in [0.5, 0.6) is 0 Å². The quantitative estimate of drug-likeness (QED) is 0.849. The molecule has 0 saturated heterocycles. The Bertz CT molecular complexity index is 584. The molecule has 0 atom stereocenters. The second kappa shape index (κ2) is 5.86. The highest BCUT2D eigenvalue weighted by molar-refractivity contribution is 5.47. The fourth-order valence-electron chi connectivity index (χ4n) is 2.00. The average Bonchev–Trinajstić information content (AvgIpc) is 3.25. The van der Waals surface area contributed by atoms with E-state index in [1.165, 1.54) is 25.2 Å². The molecular weight excluding hydrogens is 255 g/mol. The number of nitrogens with zero attached hydrogens (tertiary/aromatic N) is 2. The first-order valence-electron chi connectivity index (χ1n) is 6.87. The maximum absolute atomic E-state index is 13.5. The summed E-state index contributed by atoms with van der Waals surface area (Å²) in [6, 6.07) is 9.29. The minimum Gasteiger partial charge on any atom is -0.370 e. The molecule has 3 rings (SSSR count). The molecule has 0 unspecified atom stereocenters. The summed E-state index contributed by atoms with van der Waals surface area (Å²) in [5.74, 6) is 1.45. The molecule has 1 aliphatic rings. The first kappa shape index (κ1) is 12.8. The van der Waals surface area contributed by atoms with E-state index in [-0.39, 0.29) is 5.82 Å². The molecule has 104 valence electrons. The van der Waals surface area contributed by atoms with Crippen molar-refractivity contribution >= 4 is 11.6 Å². The first-order chi connectivity index (χ1) is 9.81. The van der Waals surface area contributed by atoms with E-state index in [0.29, 0.717) is 24.6 Å². The lowest BCUT2D eigenvalue weighted by atomic mass is 10.1. The predicted molar refractivity (Wildman–Crippen MR) is 77.3 cm³/mol. The molecule has 0 aliphatic heterocycles. The molecule has 2 N–H and O–H groups in total. The van der Waals surface area contributed by atoms with Crippen molar-refractivity contribution in [2.45, 2.75) is 25.3 Å². The number of hydrogen-bond donors (Lipinski definition) is 2. The van der Waals surface area contributed by atoms with E-state index in [0.717, 1.165) is 11.6 Å². The molecule has 20 heavy (non-hydrogen) atoms. The zero-order valence-corrected chi connectivity index (χ0v) is 11.1. The van der Waals surface area contributed by atoms with Gasteiger partial charge >= 0.3 is 0 Å². The first-order valence-corrected chi connectivity index (χ1v) is 6.87. The van der Waals surface area contributed by atoms with Gasteiger partial charge in [0.25, 0.3) is 0 Å². The fraction of sp³-hybridized carbons (Fsp3) is 0.333. The SMILES string of the molecule is Fc1ccccc1CCNc1cc(NC2CC2)ncn1. The summed E-state index contributed by atoms with van der Waals surface area (Å²) >= 11 is 0. The Kier molecular flexibility index (Phi) is 3.76. The monoisotopic (exact) mass is 272 g/mol. The van der Waals surface area contributed by atoms with E-state index < -0.39 is 0 Å². The second-order valence-electron chi connectivity index (χ2n) is 4.98. The van der Waals surface area contributed by atoms with Crippen molar-refractivity contribution in [1.29, 1.82) is 0 Å². The van der Waals surface area contributed by atoms with Crippen LogP contribution in [0, 0.1) is 5.82 Å². The topological polar surface area (TPSA) is 49.8 Å². The molecule has 2 aromatic rings. The Labute approximate surface area is 117 Å². The lowest BCUT2D eigenvalue weighted by molar-refractivity contribution is 0.610. The number of halogens is 1. The number of nitrogens with one attached hydrogen (secondary N) is 2. The van der Waals surface area contributed by atoms with Gasteiger partial charge in [-0.3, -0.25) is 0 Å². The van der Waals surface area contributed by atoms with Crippen LogP contribution in [0.4, 0.5) is 16.0 Å². The molecule has 5 heteroatoms. The summed E-state index contributed by atoms with van der Waals surface area (Å²) in [7, 11) is 0. The van der Waals surface area contributed by atoms with Crippen LogP contribution in [0.1, 0.15) is 18.4 Å². The van der Waals surface area contributed by atoms with Crippen molar-refractivity contribution in [1.82, 2.24) is 9.97 Å². The van der Waals surface area contributed by atoms with Crippen molar-refractivity contribution in [3.8, 4) is 0 Å². The van der Waals surface area contributed by atoms with E-state index in [4.69, 9.17) is 0 Å². The van der Waals surface area contributed by atoms with Gasteiger partial charge in [-0.05, 0) is 30.9 Å². The Balaban J connectivity index is 1.54. The summed E-state index contributed by atoms with van der Waals surface area (Å²) in [5, 5.41) is 6.52. The lowest BCUT2D eigenvalue weighted by Gasteiger charge is -2.08. The van der Waals surface area contributed by atoms with Crippen LogP contribution in [0.25, 0.3) is 0 Å². The number of aromatic nitrogens is 2.